The molecule has 2 rings (SSSR count). The van der Waals surface area contributed by atoms with Crippen molar-refractivity contribution in [3.63, 3.8) is 0 Å². The van der Waals surface area contributed by atoms with Crippen molar-refractivity contribution in [3.05, 3.63) is 81.9 Å². The third-order valence-corrected chi connectivity index (χ3v) is 3.49. The van der Waals surface area contributed by atoms with Gasteiger partial charge in [-0.05, 0) is 37.0 Å². The average molecular weight is 329 g/mol. The van der Waals surface area contributed by atoms with Crippen LogP contribution in [0.1, 0.15) is 41.3 Å². The summed E-state index contributed by atoms with van der Waals surface area (Å²) in [6.07, 6.45) is 1.14. The SMILES string of the molecule is O=C(OCCCCC(O[N+](=O)[O-])c1ccccc1)c1ccccc1. The van der Waals surface area contributed by atoms with Gasteiger partial charge in [0.05, 0.1) is 12.2 Å². The third-order valence-electron chi connectivity index (χ3n) is 3.49. The van der Waals surface area contributed by atoms with Crippen LogP contribution >= 0.6 is 0 Å². The van der Waals surface area contributed by atoms with E-state index in [0.717, 1.165) is 5.56 Å². The zero-order chi connectivity index (χ0) is 17.2. The highest BCUT2D eigenvalue weighted by atomic mass is 17.0. The Balaban J connectivity index is 1.75. The third kappa shape index (κ3) is 5.72. The summed E-state index contributed by atoms with van der Waals surface area (Å²) in [5.74, 6) is -0.364. The Bertz CT molecular complexity index is 645. The van der Waals surface area contributed by atoms with Crippen LogP contribution in [-0.2, 0) is 9.57 Å². The molecule has 1 atom stereocenters. The first-order chi connectivity index (χ1) is 11.7. The number of nitrogens with zero attached hydrogens (tertiary/aromatic N) is 1. The Labute approximate surface area is 140 Å². The van der Waals surface area contributed by atoms with Gasteiger partial charge < -0.3 is 9.57 Å². The van der Waals surface area contributed by atoms with E-state index in [1.807, 2.05) is 24.3 Å². The molecular weight excluding hydrogens is 310 g/mol. The van der Waals surface area contributed by atoms with Gasteiger partial charge in [0.25, 0.3) is 5.09 Å². The van der Waals surface area contributed by atoms with Crippen molar-refractivity contribution in [1.82, 2.24) is 0 Å². The predicted octanol–water partition coefficient (Wildman–Crippen LogP) is 3.96. The number of carbonyl (C=O) groups is 1. The fraction of sp³-hybridized carbons (Fsp3) is 0.278. The summed E-state index contributed by atoms with van der Waals surface area (Å²) < 4.78 is 5.18. The Morgan fingerprint density at radius 1 is 1.00 bits per heavy atom. The van der Waals surface area contributed by atoms with Crippen LogP contribution in [0.4, 0.5) is 0 Å². The van der Waals surface area contributed by atoms with Gasteiger partial charge in [-0.1, -0.05) is 48.5 Å². The lowest BCUT2D eigenvalue weighted by molar-refractivity contribution is -0.771. The molecule has 0 saturated carbocycles. The first kappa shape index (κ1) is 17.5. The fourth-order valence-electron chi connectivity index (χ4n) is 2.31. The molecule has 0 aliphatic heterocycles. The van der Waals surface area contributed by atoms with Gasteiger partial charge in [-0.15, -0.1) is 10.1 Å². The summed E-state index contributed by atoms with van der Waals surface area (Å²) >= 11 is 0. The van der Waals surface area contributed by atoms with E-state index in [1.54, 1.807) is 36.4 Å². The van der Waals surface area contributed by atoms with E-state index in [9.17, 15) is 14.9 Å². The van der Waals surface area contributed by atoms with Crippen molar-refractivity contribution >= 4 is 5.97 Å². The Morgan fingerprint density at radius 2 is 1.62 bits per heavy atom. The summed E-state index contributed by atoms with van der Waals surface area (Å²) in [4.78, 5) is 27.2. The molecule has 0 aromatic heterocycles. The van der Waals surface area contributed by atoms with Gasteiger partial charge in [0.1, 0.15) is 6.10 Å². The second-order valence-corrected chi connectivity index (χ2v) is 5.23. The van der Waals surface area contributed by atoms with Crippen LogP contribution < -0.4 is 0 Å². The number of esters is 1. The minimum absolute atomic E-state index is 0.272. The topological polar surface area (TPSA) is 78.7 Å². The Hall–Kier alpha value is -2.89. The maximum atomic E-state index is 11.8. The minimum Gasteiger partial charge on any atom is -0.462 e. The molecule has 6 nitrogen and oxygen atoms in total. The molecule has 6 heteroatoms. The maximum Gasteiger partial charge on any atom is 0.338 e. The molecule has 0 radical (unpaired) electrons. The van der Waals surface area contributed by atoms with Crippen molar-refractivity contribution in [3.8, 4) is 0 Å². The first-order valence-electron chi connectivity index (χ1n) is 7.75. The van der Waals surface area contributed by atoms with Crippen LogP contribution in [-0.4, -0.2) is 17.7 Å². The van der Waals surface area contributed by atoms with Crippen LogP contribution in [0.3, 0.4) is 0 Å². The molecule has 0 fully saturated rings. The van der Waals surface area contributed by atoms with Crippen LogP contribution in [0.25, 0.3) is 0 Å². The molecule has 0 saturated heterocycles. The van der Waals surface area contributed by atoms with Gasteiger partial charge in [-0.25, -0.2) is 4.79 Å². The lowest BCUT2D eigenvalue weighted by Crippen LogP contribution is -2.10. The fourth-order valence-corrected chi connectivity index (χ4v) is 2.31. The number of rotatable bonds is 9. The number of hydrogen-bond acceptors (Lipinski definition) is 5. The lowest BCUT2D eigenvalue weighted by Gasteiger charge is -2.15. The van der Waals surface area contributed by atoms with Crippen LogP contribution in [0.2, 0.25) is 0 Å². The smallest absolute Gasteiger partial charge is 0.338 e. The van der Waals surface area contributed by atoms with E-state index < -0.39 is 11.2 Å². The van der Waals surface area contributed by atoms with E-state index in [4.69, 9.17) is 9.57 Å². The molecule has 0 heterocycles. The summed E-state index contributed by atoms with van der Waals surface area (Å²) in [5.41, 5.74) is 1.27. The number of hydrogen-bond donors (Lipinski definition) is 0. The van der Waals surface area contributed by atoms with E-state index in [-0.39, 0.29) is 12.6 Å². The minimum atomic E-state index is -0.771. The quantitative estimate of drug-likeness (QED) is 0.301. The molecule has 0 aliphatic carbocycles. The van der Waals surface area contributed by atoms with E-state index in [0.29, 0.717) is 24.8 Å². The highest BCUT2D eigenvalue weighted by Gasteiger charge is 2.15. The van der Waals surface area contributed by atoms with Crippen molar-refractivity contribution in [1.29, 1.82) is 0 Å². The molecule has 126 valence electrons. The molecule has 24 heavy (non-hydrogen) atoms. The second-order valence-electron chi connectivity index (χ2n) is 5.23. The highest BCUT2D eigenvalue weighted by Crippen LogP contribution is 2.23. The van der Waals surface area contributed by atoms with Gasteiger partial charge in [-0.3, -0.25) is 0 Å². The largest absolute Gasteiger partial charge is 0.462 e. The molecule has 0 N–H and O–H groups in total. The molecule has 2 aromatic rings. The number of carbonyl (C=O) groups excluding carboxylic acids is 1. The predicted molar refractivity (Wildman–Crippen MR) is 87.8 cm³/mol. The standard InChI is InChI=1S/C18H19NO5/c20-18(16-11-5-2-6-12-16)23-14-8-7-13-17(24-19(21)22)15-9-3-1-4-10-15/h1-6,9-12,17H,7-8,13-14H2. The van der Waals surface area contributed by atoms with Gasteiger partial charge in [0.2, 0.25) is 0 Å². The van der Waals surface area contributed by atoms with Crippen LogP contribution in [0.5, 0.6) is 0 Å². The highest BCUT2D eigenvalue weighted by molar-refractivity contribution is 5.89. The molecular formula is C18H19NO5. The summed E-state index contributed by atoms with van der Waals surface area (Å²) in [6.45, 7) is 0.272. The van der Waals surface area contributed by atoms with Crippen molar-refractivity contribution in [2.45, 2.75) is 25.4 Å². The van der Waals surface area contributed by atoms with Gasteiger partial charge >= 0.3 is 5.97 Å². The molecule has 0 aliphatic rings. The summed E-state index contributed by atoms with van der Waals surface area (Å²) in [5, 5.41) is 9.86. The second kappa shape index (κ2) is 9.29. The molecule has 0 amide bonds. The van der Waals surface area contributed by atoms with E-state index in [1.165, 1.54) is 0 Å². The number of benzene rings is 2. The first-order valence-corrected chi connectivity index (χ1v) is 7.75. The van der Waals surface area contributed by atoms with Crippen molar-refractivity contribution < 1.29 is 19.5 Å². The maximum absolute atomic E-state index is 11.8. The van der Waals surface area contributed by atoms with E-state index >= 15 is 0 Å². The summed E-state index contributed by atoms with van der Waals surface area (Å²) in [6, 6.07) is 17.8. The van der Waals surface area contributed by atoms with Crippen LogP contribution in [0.15, 0.2) is 60.7 Å². The molecule has 1 unspecified atom stereocenters. The Kier molecular flexibility index (Phi) is 6.76. The molecule has 0 spiro atoms. The monoisotopic (exact) mass is 329 g/mol. The van der Waals surface area contributed by atoms with Gasteiger partial charge in [-0.2, -0.15) is 0 Å². The van der Waals surface area contributed by atoms with Crippen molar-refractivity contribution in [2.24, 2.45) is 0 Å². The lowest BCUT2D eigenvalue weighted by atomic mass is 10.0. The molecule has 2 aromatic carbocycles. The Morgan fingerprint density at radius 3 is 2.25 bits per heavy atom. The zero-order valence-electron chi connectivity index (χ0n) is 13.2. The average Bonchev–Trinajstić information content (AvgIpc) is 2.61. The number of unbranched alkanes of at least 4 members (excludes halogenated alkanes) is 1. The van der Waals surface area contributed by atoms with Crippen LogP contribution in [0, 0.1) is 10.1 Å². The zero-order valence-corrected chi connectivity index (χ0v) is 13.2. The molecule has 0 bridgehead atoms. The van der Waals surface area contributed by atoms with Gasteiger partial charge in [0.15, 0.2) is 0 Å². The normalized spacial score (nSPS) is 11.5. The van der Waals surface area contributed by atoms with Crippen molar-refractivity contribution in [2.75, 3.05) is 6.61 Å². The van der Waals surface area contributed by atoms with Gasteiger partial charge in [0, 0.05) is 0 Å². The van der Waals surface area contributed by atoms with E-state index in [2.05, 4.69) is 0 Å². The number of ether oxygens (including phenoxy) is 1. The summed E-state index contributed by atoms with van der Waals surface area (Å²) in [7, 11) is 0.